The number of carbonyl (C=O) groups excluding carboxylic acids is 1. The third-order valence-corrected chi connectivity index (χ3v) is 5.03. The van der Waals surface area contributed by atoms with E-state index in [9.17, 15) is 4.79 Å². The Bertz CT molecular complexity index is 1080. The van der Waals surface area contributed by atoms with Crippen molar-refractivity contribution in [1.82, 2.24) is 20.3 Å². The van der Waals surface area contributed by atoms with Crippen molar-refractivity contribution in [2.75, 3.05) is 19.8 Å². The van der Waals surface area contributed by atoms with Crippen LogP contribution in [0.3, 0.4) is 0 Å². The minimum absolute atomic E-state index is 0.0659. The van der Waals surface area contributed by atoms with Gasteiger partial charge in [0.1, 0.15) is 0 Å². The summed E-state index contributed by atoms with van der Waals surface area (Å²) >= 11 is 6.49. The topological polar surface area (TPSA) is 89.1 Å². The molecule has 0 fully saturated rings. The molecule has 1 aliphatic heterocycles. The second kappa shape index (κ2) is 8.75. The lowest BCUT2D eigenvalue weighted by Crippen LogP contribution is -2.31. The molecule has 0 unspecified atom stereocenters. The van der Waals surface area contributed by atoms with E-state index < -0.39 is 0 Å². The van der Waals surface area contributed by atoms with E-state index in [0.717, 1.165) is 29.8 Å². The van der Waals surface area contributed by atoms with E-state index in [0.29, 0.717) is 53.4 Å². The smallest absolute Gasteiger partial charge is 0.253 e. The lowest BCUT2D eigenvalue weighted by atomic mass is 10.1. The molecule has 0 atom stereocenters. The predicted molar refractivity (Wildman–Crippen MR) is 115 cm³/mol. The molecule has 0 radical (unpaired) electrons. The Morgan fingerprint density at radius 1 is 1.20 bits per heavy atom. The van der Waals surface area contributed by atoms with Gasteiger partial charge in [0, 0.05) is 30.4 Å². The van der Waals surface area contributed by atoms with Gasteiger partial charge in [0.05, 0.1) is 35.2 Å². The number of benzene rings is 1. The number of ether oxygens (including phenoxy) is 2. The van der Waals surface area contributed by atoms with Gasteiger partial charge in [-0.3, -0.25) is 4.79 Å². The summed E-state index contributed by atoms with van der Waals surface area (Å²) in [5.74, 6) is 1.54. The Morgan fingerprint density at radius 2 is 2.07 bits per heavy atom. The molecule has 4 rings (SSSR count). The average molecular weight is 427 g/mol. The lowest BCUT2D eigenvalue weighted by molar-refractivity contribution is 0.0946. The molecule has 1 amide bonds. The van der Waals surface area contributed by atoms with Crippen molar-refractivity contribution in [3.63, 3.8) is 0 Å². The standard InChI is InChI=1S/C22H23ClN4O3/c1-3-9-30-20-15(23)10-13(11-19(20)29-4-2)21-24-7-6-17(27-21)18-12-14-16(26-18)5-8-25-22(14)28/h6-7,10-12,26H,3-5,8-9H2,1-2H3,(H,25,28). The molecule has 30 heavy (non-hydrogen) atoms. The summed E-state index contributed by atoms with van der Waals surface area (Å²) in [6.45, 7) is 5.61. The Kier molecular flexibility index (Phi) is 5.90. The summed E-state index contributed by atoms with van der Waals surface area (Å²) in [6, 6.07) is 7.26. The van der Waals surface area contributed by atoms with Crippen LogP contribution >= 0.6 is 11.6 Å². The molecular weight excluding hydrogens is 404 g/mol. The lowest BCUT2D eigenvalue weighted by Gasteiger charge is -2.14. The molecule has 3 heterocycles. The molecule has 8 heteroatoms. The van der Waals surface area contributed by atoms with Crippen LogP contribution in [0.4, 0.5) is 0 Å². The number of H-pyrrole nitrogens is 1. The van der Waals surface area contributed by atoms with E-state index in [2.05, 4.69) is 20.3 Å². The molecule has 2 aromatic heterocycles. The van der Waals surface area contributed by atoms with Gasteiger partial charge in [0.25, 0.3) is 5.91 Å². The normalized spacial score (nSPS) is 13.0. The van der Waals surface area contributed by atoms with Gasteiger partial charge in [0.2, 0.25) is 0 Å². The summed E-state index contributed by atoms with van der Waals surface area (Å²) in [7, 11) is 0. The van der Waals surface area contributed by atoms with E-state index in [4.69, 9.17) is 21.1 Å². The number of hydrogen-bond acceptors (Lipinski definition) is 5. The number of nitrogens with one attached hydrogen (secondary N) is 2. The van der Waals surface area contributed by atoms with Crippen LogP contribution in [0, 0.1) is 0 Å². The number of fused-ring (bicyclic) bond motifs is 1. The molecule has 1 aromatic carbocycles. The van der Waals surface area contributed by atoms with Gasteiger partial charge < -0.3 is 19.8 Å². The number of amides is 1. The first-order valence-electron chi connectivity index (χ1n) is 10.0. The van der Waals surface area contributed by atoms with Crippen LogP contribution in [0.2, 0.25) is 5.02 Å². The zero-order valence-corrected chi connectivity index (χ0v) is 17.7. The van der Waals surface area contributed by atoms with Crippen molar-refractivity contribution in [3.8, 4) is 34.3 Å². The largest absolute Gasteiger partial charge is 0.490 e. The highest BCUT2D eigenvalue weighted by atomic mass is 35.5. The molecule has 1 aliphatic rings. The monoisotopic (exact) mass is 426 g/mol. The van der Waals surface area contributed by atoms with Crippen LogP contribution < -0.4 is 14.8 Å². The van der Waals surface area contributed by atoms with Gasteiger partial charge in [-0.2, -0.15) is 0 Å². The number of nitrogens with zero attached hydrogens (tertiary/aromatic N) is 2. The van der Waals surface area contributed by atoms with E-state index in [-0.39, 0.29) is 5.91 Å². The number of hydrogen-bond donors (Lipinski definition) is 2. The van der Waals surface area contributed by atoms with Crippen molar-refractivity contribution in [2.45, 2.75) is 26.7 Å². The second-order valence-electron chi connectivity index (χ2n) is 6.91. The molecule has 0 saturated heterocycles. The Balaban J connectivity index is 1.71. The van der Waals surface area contributed by atoms with Crippen LogP contribution in [-0.4, -0.2) is 40.6 Å². The van der Waals surface area contributed by atoms with Crippen molar-refractivity contribution in [2.24, 2.45) is 0 Å². The van der Waals surface area contributed by atoms with Gasteiger partial charge in [-0.05, 0) is 37.6 Å². The zero-order chi connectivity index (χ0) is 21.1. The first-order chi connectivity index (χ1) is 14.6. The highest BCUT2D eigenvalue weighted by Crippen LogP contribution is 2.39. The number of aromatic nitrogens is 3. The van der Waals surface area contributed by atoms with Crippen molar-refractivity contribution < 1.29 is 14.3 Å². The third kappa shape index (κ3) is 3.98. The quantitative estimate of drug-likeness (QED) is 0.589. The summed E-state index contributed by atoms with van der Waals surface area (Å²) in [5.41, 5.74) is 3.79. The molecule has 0 aliphatic carbocycles. The molecule has 156 valence electrons. The van der Waals surface area contributed by atoms with Crippen molar-refractivity contribution >= 4 is 17.5 Å². The van der Waals surface area contributed by atoms with Crippen LogP contribution in [0.15, 0.2) is 30.5 Å². The molecule has 7 nitrogen and oxygen atoms in total. The Hall–Kier alpha value is -3.06. The molecule has 0 spiro atoms. The van der Waals surface area contributed by atoms with Crippen LogP contribution in [0.5, 0.6) is 11.5 Å². The van der Waals surface area contributed by atoms with Gasteiger partial charge in [0.15, 0.2) is 17.3 Å². The van der Waals surface area contributed by atoms with E-state index in [1.165, 1.54) is 0 Å². The average Bonchev–Trinajstić information content (AvgIpc) is 3.19. The second-order valence-corrected chi connectivity index (χ2v) is 7.32. The van der Waals surface area contributed by atoms with Crippen molar-refractivity contribution in [1.29, 1.82) is 0 Å². The maximum Gasteiger partial charge on any atom is 0.253 e. The summed E-state index contributed by atoms with van der Waals surface area (Å²) in [4.78, 5) is 24.5. The number of carbonyl (C=O) groups is 1. The van der Waals surface area contributed by atoms with Crippen molar-refractivity contribution in [3.05, 3.63) is 46.7 Å². The summed E-state index contributed by atoms with van der Waals surface area (Å²) in [5, 5.41) is 3.30. The minimum atomic E-state index is -0.0659. The Labute approximate surface area is 179 Å². The highest BCUT2D eigenvalue weighted by Gasteiger charge is 2.21. The van der Waals surface area contributed by atoms with E-state index in [1.54, 1.807) is 12.3 Å². The van der Waals surface area contributed by atoms with E-state index >= 15 is 0 Å². The zero-order valence-electron chi connectivity index (χ0n) is 16.9. The highest BCUT2D eigenvalue weighted by molar-refractivity contribution is 6.32. The van der Waals surface area contributed by atoms with Gasteiger partial charge >= 0.3 is 0 Å². The fourth-order valence-electron chi connectivity index (χ4n) is 3.38. The maximum absolute atomic E-state index is 12.1. The van der Waals surface area contributed by atoms with E-state index in [1.807, 2.05) is 32.0 Å². The number of halogens is 1. The minimum Gasteiger partial charge on any atom is -0.490 e. The fourth-order valence-corrected chi connectivity index (χ4v) is 3.65. The van der Waals surface area contributed by atoms with Crippen LogP contribution in [0.1, 0.15) is 36.3 Å². The van der Waals surface area contributed by atoms with Crippen LogP contribution in [0.25, 0.3) is 22.8 Å². The first kappa shape index (κ1) is 20.2. The number of rotatable bonds is 7. The third-order valence-electron chi connectivity index (χ3n) is 4.75. The molecular formula is C22H23ClN4O3. The van der Waals surface area contributed by atoms with Gasteiger partial charge in [-0.1, -0.05) is 18.5 Å². The van der Waals surface area contributed by atoms with Gasteiger partial charge in [-0.15, -0.1) is 0 Å². The molecule has 2 N–H and O–H groups in total. The van der Waals surface area contributed by atoms with Crippen LogP contribution in [-0.2, 0) is 6.42 Å². The fraction of sp³-hybridized carbons (Fsp3) is 0.318. The summed E-state index contributed by atoms with van der Waals surface area (Å²) < 4.78 is 11.5. The predicted octanol–water partition coefficient (Wildman–Crippen LogP) is 4.27. The number of aromatic amines is 1. The molecule has 0 bridgehead atoms. The molecule has 3 aromatic rings. The molecule has 0 saturated carbocycles. The Morgan fingerprint density at radius 3 is 2.83 bits per heavy atom. The summed E-state index contributed by atoms with van der Waals surface area (Å²) in [6.07, 6.45) is 3.33. The SMILES string of the molecule is CCCOc1c(Cl)cc(-c2nccc(-c3cc4c([nH]3)CCNC4=O)n2)cc1OCC. The first-order valence-corrected chi connectivity index (χ1v) is 10.4. The van der Waals surface area contributed by atoms with Gasteiger partial charge in [-0.25, -0.2) is 9.97 Å². The maximum atomic E-state index is 12.1.